The molecule has 0 radical (unpaired) electrons. The molecule has 0 amide bonds. The van der Waals surface area contributed by atoms with E-state index in [1.165, 1.54) is 7.11 Å². The number of esters is 1. The van der Waals surface area contributed by atoms with Crippen LogP contribution in [-0.4, -0.2) is 17.6 Å². The zero-order valence-electron chi connectivity index (χ0n) is 8.37. The standard InChI is InChI=1S/C10H12BrNO2/c1-7-9(10(13)14-3)6-8(4-5-11)12(7)2/h4-6H,1-3H3/b5-4+. The number of hydrogen-bond donors (Lipinski definition) is 0. The van der Waals surface area contributed by atoms with Gasteiger partial charge in [0.2, 0.25) is 0 Å². The van der Waals surface area contributed by atoms with E-state index in [9.17, 15) is 4.79 Å². The van der Waals surface area contributed by atoms with E-state index in [1.54, 1.807) is 11.1 Å². The molecule has 1 aromatic rings. The van der Waals surface area contributed by atoms with Gasteiger partial charge in [-0.05, 0) is 24.1 Å². The zero-order valence-corrected chi connectivity index (χ0v) is 9.96. The molecule has 0 unspecified atom stereocenters. The molecule has 0 aromatic carbocycles. The van der Waals surface area contributed by atoms with Gasteiger partial charge in [-0.3, -0.25) is 0 Å². The molecule has 14 heavy (non-hydrogen) atoms. The third kappa shape index (κ3) is 1.90. The number of aromatic nitrogens is 1. The molecule has 1 rings (SSSR count). The molecule has 0 aliphatic rings. The van der Waals surface area contributed by atoms with Crippen LogP contribution in [0.25, 0.3) is 6.08 Å². The normalized spacial score (nSPS) is 10.9. The minimum absolute atomic E-state index is 0.299. The average Bonchev–Trinajstić information content (AvgIpc) is 2.46. The van der Waals surface area contributed by atoms with Crippen LogP contribution in [0.5, 0.6) is 0 Å². The summed E-state index contributed by atoms with van der Waals surface area (Å²) in [6.45, 7) is 1.89. The maximum absolute atomic E-state index is 11.3. The summed E-state index contributed by atoms with van der Waals surface area (Å²) in [6.07, 6.45) is 1.87. The number of hydrogen-bond acceptors (Lipinski definition) is 2. The Morgan fingerprint density at radius 1 is 1.64 bits per heavy atom. The van der Waals surface area contributed by atoms with Gasteiger partial charge in [-0.2, -0.15) is 0 Å². The van der Waals surface area contributed by atoms with Crippen molar-refractivity contribution in [3.8, 4) is 0 Å². The second kappa shape index (κ2) is 4.46. The molecule has 1 heterocycles. The third-order valence-electron chi connectivity index (χ3n) is 2.21. The van der Waals surface area contributed by atoms with Crippen molar-refractivity contribution in [2.75, 3.05) is 7.11 Å². The number of halogens is 1. The lowest BCUT2D eigenvalue weighted by Gasteiger charge is -2.00. The highest BCUT2D eigenvalue weighted by molar-refractivity contribution is 9.11. The van der Waals surface area contributed by atoms with E-state index < -0.39 is 0 Å². The van der Waals surface area contributed by atoms with Crippen molar-refractivity contribution >= 4 is 28.0 Å². The Kier molecular flexibility index (Phi) is 3.52. The predicted molar refractivity (Wildman–Crippen MR) is 59.5 cm³/mol. The van der Waals surface area contributed by atoms with Crippen molar-refractivity contribution in [1.29, 1.82) is 0 Å². The smallest absolute Gasteiger partial charge is 0.339 e. The van der Waals surface area contributed by atoms with E-state index in [-0.39, 0.29) is 5.97 Å². The van der Waals surface area contributed by atoms with Gasteiger partial charge in [0.15, 0.2) is 0 Å². The summed E-state index contributed by atoms with van der Waals surface area (Å²) < 4.78 is 6.61. The first-order chi connectivity index (χ1) is 6.61. The van der Waals surface area contributed by atoms with E-state index in [0.29, 0.717) is 5.56 Å². The molecule has 0 atom stereocenters. The van der Waals surface area contributed by atoms with Crippen LogP contribution in [0.4, 0.5) is 0 Å². The van der Waals surface area contributed by atoms with Gasteiger partial charge in [0.1, 0.15) is 0 Å². The van der Waals surface area contributed by atoms with E-state index in [1.807, 2.05) is 24.6 Å². The van der Waals surface area contributed by atoms with Gasteiger partial charge >= 0.3 is 5.97 Å². The van der Waals surface area contributed by atoms with Gasteiger partial charge in [-0.15, -0.1) is 0 Å². The number of nitrogens with zero attached hydrogens (tertiary/aromatic N) is 1. The highest BCUT2D eigenvalue weighted by Crippen LogP contribution is 2.16. The first kappa shape index (κ1) is 11.0. The fourth-order valence-electron chi connectivity index (χ4n) is 1.26. The van der Waals surface area contributed by atoms with Gasteiger partial charge in [-0.25, -0.2) is 4.79 Å². The van der Waals surface area contributed by atoms with Crippen LogP contribution in [0.2, 0.25) is 0 Å². The maximum Gasteiger partial charge on any atom is 0.339 e. The second-order valence-corrected chi connectivity index (χ2v) is 3.44. The highest BCUT2D eigenvalue weighted by atomic mass is 79.9. The molecule has 0 spiro atoms. The van der Waals surface area contributed by atoms with E-state index in [4.69, 9.17) is 0 Å². The highest BCUT2D eigenvalue weighted by Gasteiger charge is 2.14. The summed E-state index contributed by atoms with van der Waals surface area (Å²) in [5.74, 6) is -0.299. The summed E-state index contributed by atoms with van der Waals surface area (Å²) >= 11 is 3.20. The number of carbonyl (C=O) groups is 1. The number of ether oxygens (including phenoxy) is 1. The van der Waals surface area contributed by atoms with Gasteiger partial charge in [0.05, 0.1) is 12.7 Å². The fourth-order valence-corrected chi connectivity index (χ4v) is 1.54. The van der Waals surface area contributed by atoms with Crippen molar-refractivity contribution in [1.82, 2.24) is 4.57 Å². The molecule has 4 heteroatoms. The Morgan fingerprint density at radius 3 is 2.79 bits per heavy atom. The zero-order chi connectivity index (χ0) is 10.7. The number of carbonyl (C=O) groups excluding carboxylic acids is 1. The molecular weight excluding hydrogens is 246 g/mol. The summed E-state index contributed by atoms with van der Waals surface area (Å²) in [4.78, 5) is 13.1. The summed E-state index contributed by atoms with van der Waals surface area (Å²) in [7, 11) is 3.29. The molecule has 0 aliphatic carbocycles. The molecule has 76 valence electrons. The minimum Gasteiger partial charge on any atom is -0.465 e. The van der Waals surface area contributed by atoms with Crippen LogP contribution in [0.1, 0.15) is 21.7 Å². The van der Waals surface area contributed by atoms with Crippen molar-refractivity contribution in [2.24, 2.45) is 7.05 Å². The van der Waals surface area contributed by atoms with Gasteiger partial charge in [0.25, 0.3) is 0 Å². The largest absolute Gasteiger partial charge is 0.465 e. The lowest BCUT2D eigenvalue weighted by atomic mass is 10.2. The fraction of sp³-hybridized carbons (Fsp3) is 0.300. The van der Waals surface area contributed by atoms with Crippen molar-refractivity contribution in [3.63, 3.8) is 0 Å². The van der Waals surface area contributed by atoms with E-state index >= 15 is 0 Å². The van der Waals surface area contributed by atoms with Crippen LogP contribution >= 0.6 is 15.9 Å². The van der Waals surface area contributed by atoms with E-state index in [2.05, 4.69) is 20.7 Å². The van der Waals surface area contributed by atoms with Crippen molar-refractivity contribution < 1.29 is 9.53 Å². The molecule has 1 aromatic heterocycles. The quantitative estimate of drug-likeness (QED) is 0.763. The van der Waals surface area contributed by atoms with Gasteiger partial charge in [-0.1, -0.05) is 15.9 Å². The third-order valence-corrected chi connectivity index (χ3v) is 2.48. The Balaban J connectivity index is 3.21. The minimum atomic E-state index is -0.299. The first-order valence-corrected chi connectivity index (χ1v) is 5.04. The number of methoxy groups -OCH3 is 1. The Hall–Kier alpha value is -1.03. The molecular formula is C10H12BrNO2. The molecule has 0 aliphatic heterocycles. The van der Waals surface area contributed by atoms with Gasteiger partial charge in [0, 0.05) is 18.4 Å². The van der Waals surface area contributed by atoms with Crippen LogP contribution in [-0.2, 0) is 11.8 Å². The van der Waals surface area contributed by atoms with Crippen LogP contribution in [0.15, 0.2) is 11.1 Å². The molecule has 0 N–H and O–H groups in total. The molecule has 0 bridgehead atoms. The summed E-state index contributed by atoms with van der Waals surface area (Å²) in [5, 5.41) is 0. The SMILES string of the molecule is COC(=O)c1cc(/C=C/Br)n(C)c1C. The number of rotatable bonds is 2. The van der Waals surface area contributed by atoms with Crippen molar-refractivity contribution in [2.45, 2.75) is 6.92 Å². The topological polar surface area (TPSA) is 31.2 Å². The average molecular weight is 258 g/mol. The Labute approximate surface area is 91.5 Å². The summed E-state index contributed by atoms with van der Waals surface area (Å²) in [6, 6.07) is 1.80. The Bertz CT molecular complexity index is 380. The lowest BCUT2D eigenvalue weighted by Crippen LogP contribution is -2.03. The van der Waals surface area contributed by atoms with Crippen LogP contribution in [0.3, 0.4) is 0 Å². The Morgan fingerprint density at radius 2 is 2.29 bits per heavy atom. The summed E-state index contributed by atoms with van der Waals surface area (Å²) in [5.41, 5.74) is 2.47. The van der Waals surface area contributed by atoms with Crippen molar-refractivity contribution in [3.05, 3.63) is 28.0 Å². The molecule has 3 nitrogen and oxygen atoms in total. The van der Waals surface area contributed by atoms with E-state index in [0.717, 1.165) is 11.4 Å². The van der Waals surface area contributed by atoms with Crippen LogP contribution < -0.4 is 0 Å². The molecule has 0 saturated heterocycles. The molecule has 0 saturated carbocycles. The second-order valence-electron chi connectivity index (χ2n) is 2.91. The molecule has 0 fully saturated rings. The monoisotopic (exact) mass is 257 g/mol. The maximum atomic E-state index is 11.3. The first-order valence-electron chi connectivity index (χ1n) is 4.13. The predicted octanol–water partition coefficient (Wildman–Crippen LogP) is 2.49. The van der Waals surface area contributed by atoms with Crippen LogP contribution in [0, 0.1) is 6.92 Å². The van der Waals surface area contributed by atoms with Gasteiger partial charge < -0.3 is 9.30 Å². The lowest BCUT2D eigenvalue weighted by molar-refractivity contribution is 0.0600.